The fraction of sp³-hybridized carbons (Fsp3) is 0.278. The molecule has 0 radical (unpaired) electrons. The first-order valence-corrected chi connectivity index (χ1v) is 7.58. The number of rotatable bonds is 7. The molecule has 0 saturated carbocycles. The second-order valence-corrected chi connectivity index (χ2v) is 6.04. The molecule has 0 atom stereocenters. The van der Waals surface area contributed by atoms with Crippen LogP contribution < -0.4 is 10.1 Å². The highest BCUT2D eigenvalue weighted by Gasteiger charge is 2.22. The minimum Gasteiger partial charge on any atom is -0.481 e. The van der Waals surface area contributed by atoms with E-state index in [4.69, 9.17) is 9.84 Å². The van der Waals surface area contributed by atoms with Gasteiger partial charge in [-0.2, -0.15) is 0 Å². The average molecular weight is 328 g/mol. The number of pyridine rings is 1. The number of carboxylic acid groups (broad SMARTS) is 1. The Labute approximate surface area is 140 Å². The number of hydrogen-bond donors (Lipinski definition) is 2. The van der Waals surface area contributed by atoms with Crippen molar-refractivity contribution in [2.75, 3.05) is 0 Å². The molecule has 0 saturated heterocycles. The molecule has 0 bridgehead atoms. The molecular formula is C18H20N2O4. The summed E-state index contributed by atoms with van der Waals surface area (Å²) in [5, 5.41) is 11.6. The average Bonchev–Trinajstić information content (AvgIpc) is 2.54. The molecule has 0 spiro atoms. The van der Waals surface area contributed by atoms with Gasteiger partial charge in [-0.3, -0.25) is 14.6 Å². The normalized spacial score (nSPS) is 10.9. The van der Waals surface area contributed by atoms with E-state index in [1.807, 2.05) is 0 Å². The van der Waals surface area contributed by atoms with Crippen LogP contribution in [0.1, 0.15) is 37.0 Å². The molecule has 0 unspecified atom stereocenters. The molecule has 6 nitrogen and oxygen atoms in total. The van der Waals surface area contributed by atoms with E-state index in [-0.39, 0.29) is 12.3 Å². The SMILES string of the molecule is CC(C)(CCC(=O)O)NC(=O)c1cccc(Oc2ccncc2)c1. The topological polar surface area (TPSA) is 88.5 Å². The molecule has 6 heteroatoms. The van der Waals surface area contributed by atoms with Crippen LogP contribution in [0.4, 0.5) is 0 Å². The molecule has 2 N–H and O–H groups in total. The zero-order valence-corrected chi connectivity index (χ0v) is 13.7. The molecule has 1 amide bonds. The Morgan fingerprint density at radius 1 is 1.17 bits per heavy atom. The number of aliphatic carboxylic acids is 1. The number of carboxylic acids is 1. The molecule has 126 valence electrons. The Balaban J connectivity index is 2.04. The maximum atomic E-state index is 12.4. The first-order valence-electron chi connectivity index (χ1n) is 7.58. The Morgan fingerprint density at radius 2 is 1.88 bits per heavy atom. The number of nitrogens with one attached hydrogen (secondary N) is 1. The molecule has 1 aromatic carbocycles. The number of hydrogen-bond acceptors (Lipinski definition) is 4. The predicted molar refractivity (Wildman–Crippen MR) is 89.2 cm³/mol. The summed E-state index contributed by atoms with van der Waals surface area (Å²) < 4.78 is 5.68. The maximum absolute atomic E-state index is 12.4. The summed E-state index contributed by atoms with van der Waals surface area (Å²) in [5.74, 6) is 0.0113. The number of aromatic nitrogens is 1. The number of carbonyl (C=O) groups excluding carboxylic acids is 1. The lowest BCUT2D eigenvalue weighted by Crippen LogP contribution is -2.43. The van der Waals surface area contributed by atoms with Crippen molar-refractivity contribution in [3.8, 4) is 11.5 Å². The van der Waals surface area contributed by atoms with E-state index < -0.39 is 11.5 Å². The van der Waals surface area contributed by atoms with Crippen LogP contribution in [0.15, 0.2) is 48.8 Å². The molecule has 0 fully saturated rings. The van der Waals surface area contributed by atoms with Gasteiger partial charge in [0.25, 0.3) is 5.91 Å². The monoisotopic (exact) mass is 328 g/mol. The highest BCUT2D eigenvalue weighted by atomic mass is 16.5. The Bertz CT molecular complexity index is 714. The van der Waals surface area contributed by atoms with Crippen molar-refractivity contribution in [3.63, 3.8) is 0 Å². The van der Waals surface area contributed by atoms with E-state index >= 15 is 0 Å². The van der Waals surface area contributed by atoms with Crippen LogP contribution in [0.25, 0.3) is 0 Å². The van der Waals surface area contributed by atoms with Crippen LogP contribution in [-0.2, 0) is 4.79 Å². The summed E-state index contributed by atoms with van der Waals surface area (Å²) in [5.41, 5.74) is -0.165. The van der Waals surface area contributed by atoms with Crippen LogP contribution in [0.3, 0.4) is 0 Å². The van der Waals surface area contributed by atoms with Crippen LogP contribution in [0, 0.1) is 0 Å². The smallest absolute Gasteiger partial charge is 0.303 e. The number of amides is 1. The van der Waals surface area contributed by atoms with E-state index in [1.165, 1.54) is 0 Å². The Kier molecular flexibility index (Phi) is 5.52. The lowest BCUT2D eigenvalue weighted by atomic mass is 9.97. The van der Waals surface area contributed by atoms with Gasteiger partial charge in [-0.25, -0.2) is 0 Å². The third kappa shape index (κ3) is 5.39. The zero-order valence-electron chi connectivity index (χ0n) is 13.7. The van der Waals surface area contributed by atoms with Gasteiger partial charge >= 0.3 is 5.97 Å². The first kappa shape index (κ1) is 17.5. The van der Waals surface area contributed by atoms with E-state index in [2.05, 4.69) is 10.3 Å². The number of nitrogens with zero attached hydrogens (tertiary/aromatic N) is 1. The van der Waals surface area contributed by atoms with Crippen molar-refractivity contribution < 1.29 is 19.4 Å². The van der Waals surface area contributed by atoms with Crippen molar-refractivity contribution in [1.82, 2.24) is 10.3 Å². The molecule has 2 aromatic rings. The summed E-state index contributed by atoms with van der Waals surface area (Å²) in [7, 11) is 0. The molecule has 2 rings (SSSR count). The van der Waals surface area contributed by atoms with Gasteiger partial charge in [0.15, 0.2) is 0 Å². The minimum atomic E-state index is -0.884. The third-order valence-electron chi connectivity index (χ3n) is 3.40. The van der Waals surface area contributed by atoms with Crippen LogP contribution in [-0.4, -0.2) is 27.5 Å². The molecule has 0 aliphatic carbocycles. The van der Waals surface area contributed by atoms with Gasteiger partial charge in [0, 0.05) is 29.9 Å². The second-order valence-electron chi connectivity index (χ2n) is 6.04. The molecule has 1 heterocycles. The quantitative estimate of drug-likeness (QED) is 0.814. The molecule has 0 aliphatic rings. The van der Waals surface area contributed by atoms with E-state index in [0.717, 1.165) is 0 Å². The summed E-state index contributed by atoms with van der Waals surface area (Å²) in [6.07, 6.45) is 3.59. The number of benzene rings is 1. The minimum absolute atomic E-state index is 0.00151. The third-order valence-corrected chi connectivity index (χ3v) is 3.40. The lowest BCUT2D eigenvalue weighted by Gasteiger charge is -2.25. The van der Waals surface area contributed by atoms with Crippen LogP contribution in [0.5, 0.6) is 11.5 Å². The highest BCUT2D eigenvalue weighted by Crippen LogP contribution is 2.22. The fourth-order valence-corrected chi connectivity index (χ4v) is 2.10. The summed E-state index contributed by atoms with van der Waals surface area (Å²) in [6.45, 7) is 3.59. The van der Waals surface area contributed by atoms with Crippen molar-refractivity contribution in [2.24, 2.45) is 0 Å². The van der Waals surface area contributed by atoms with Crippen LogP contribution in [0.2, 0.25) is 0 Å². The molecule has 1 aromatic heterocycles. The highest BCUT2D eigenvalue weighted by molar-refractivity contribution is 5.95. The fourth-order valence-electron chi connectivity index (χ4n) is 2.10. The standard InChI is InChI=1S/C18H20N2O4/c1-18(2,9-6-16(21)22)20-17(23)13-4-3-5-15(12-13)24-14-7-10-19-11-8-14/h3-5,7-8,10-12H,6,9H2,1-2H3,(H,20,23)(H,21,22). The van der Waals surface area contributed by atoms with Crippen molar-refractivity contribution in [1.29, 1.82) is 0 Å². The molecular weight excluding hydrogens is 308 g/mol. The lowest BCUT2D eigenvalue weighted by molar-refractivity contribution is -0.137. The number of carbonyl (C=O) groups is 2. The van der Waals surface area contributed by atoms with E-state index in [0.29, 0.717) is 23.5 Å². The van der Waals surface area contributed by atoms with Gasteiger partial charge in [0.05, 0.1) is 0 Å². The van der Waals surface area contributed by atoms with E-state index in [1.54, 1.807) is 62.6 Å². The molecule has 0 aliphatic heterocycles. The van der Waals surface area contributed by atoms with Gasteiger partial charge < -0.3 is 15.2 Å². The summed E-state index contributed by atoms with van der Waals surface area (Å²) in [6, 6.07) is 10.3. The Hall–Kier alpha value is -2.89. The van der Waals surface area contributed by atoms with Gasteiger partial charge in [0.2, 0.25) is 0 Å². The summed E-state index contributed by atoms with van der Waals surface area (Å²) in [4.78, 5) is 27.0. The van der Waals surface area contributed by atoms with Gasteiger partial charge in [-0.1, -0.05) is 6.07 Å². The maximum Gasteiger partial charge on any atom is 0.303 e. The second kappa shape index (κ2) is 7.59. The van der Waals surface area contributed by atoms with Gasteiger partial charge in [-0.15, -0.1) is 0 Å². The van der Waals surface area contributed by atoms with Crippen molar-refractivity contribution in [3.05, 3.63) is 54.4 Å². The van der Waals surface area contributed by atoms with Crippen LogP contribution >= 0.6 is 0 Å². The summed E-state index contributed by atoms with van der Waals surface area (Å²) >= 11 is 0. The molecule has 24 heavy (non-hydrogen) atoms. The predicted octanol–water partition coefficient (Wildman–Crippen LogP) is 3.25. The first-order chi connectivity index (χ1) is 11.4. The van der Waals surface area contributed by atoms with Gasteiger partial charge in [0.1, 0.15) is 11.5 Å². The van der Waals surface area contributed by atoms with Crippen molar-refractivity contribution in [2.45, 2.75) is 32.2 Å². The Morgan fingerprint density at radius 3 is 2.54 bits per heavy atom. The zero-order chi connectivity index (χ0) is 17.6. The van der Waals surface area contributed by atoms with Crippen molar-refractivity contribution >= 4 is 11.9 Å². The number of ether oxygens (including phenoxy) is 1. The largest absolute Gasteiger partial charge is 0.481 e. The van der Waals surface area contributed by atoms with Gasteiger partial charge in [-0.05, 0) is 50.6 Å². The van der Waals surface area contributed by atoms with E-state index in [9.17, 15) is 9.59 Å².